The Bertz CT molecular complexity index is 1500. The number of halogens is 1. The maximum absolute atomic E-state index is 13.7. The normalized spacial score (nSPS) is 19.4. The molecule has 2 aromatic heterocycles. The van der Waals surface area contributed by atoms with Gasteiger partial charge in [0.2, 0.25) is 16.0 Å². The SMILES string of the molecule is COc1cc(Nc2ncc3c(n2)CN([C@H]2CCN(C(=O)c4ccnc(NS(C)(=O)=O)c4)[C@H](C)C2)C3)ccc1F. The first-order chi connectivity index (χ1) is 18.6. The number of anilines is 3. The topological polar surface area (TPSA) is 130 Å². The van der Waals surface area contributed by atoms with Crippen LogP contribution in [0.25, 0.3) is 0 Å². The van der Waals surface area contributed by atoms with Gasteiger partial charge in [-0.3, -0.25) is 14.4 Å². The number of benzene rings is 1. The fourth-order valence-corrected chi connectivity index (χ4v) is 5.61. The first kappa shape index (κ1) is 26.8. The molecule has 5 rings (SSSR count). The first-order valence-electron chi connectivity index (χ1n) is 12.5. The number of hydrogen-bond donors (Lipinski definition) is 2. The minimum atomic E-state index is -3.49. The van der Waals surface area contributed by atoms with Gasteiger partial charge in [-0.1, -0.05) is 0 Å². The molecule has 0 spiro atoms. The molecule has 2 atom stereocenters. The van der Waals surface area contributed by atoms with E-state index in [-0.39, 0.29) is 29.6 Å². The molecule has 1 aromatic carbocycles. The third kappa shape index (κ3) is 6.09. The van der Waals surface area contributed by atoms with Gasteiger partial charge in [0.15, 0.2) is 11.6 Å². The van der Waals surface area contributed by atoms with Gasteiger partial charge in [-0.15, -0.1) is 0 Å². The Hall–Kier alpha value is -3.84. The fraction of sp³-hybridized carbons (Fsp3) is 0.385. The summed E-state index contributed by atoms with van der Waals surface area (Å²) < 4.78 is 44.2. The zero-order chi connectivity index (χ0) is 27.7. The predicted molar refractivity (Wildman–Crippen MR) is 144 cm³/mol. The highest BCUT2D eigenvalue weighted by molar-refractivity contribution is 7.92. The lowest BCUT2D eigenvalue weighted by atomic mass is 9.96. The first-order valence-corrected chi connectivity index (χ1v) is 14.4. The van der Waals surface area contributed by atoms with Crippen LogP contribution >= 0.6 is 0 Å². The van der Waals surface area contributed by atoms with E-state index in [1.54, 1.807) is 18.2 Å². The van der Waals surface area contributed by atoms with Gasteiger partial charge in [0.25, 0.3) is 5.91 Å². The predicted octanol–water partition coefficient (Wildman–Crippen LogP) is 3.14. The van der Waals surface area contributed by atoms with Crippen LogP contribution in [0.5, 0.6) is 5.75 Å². The van der Waals surface area contributed by atoms with Crippen LogP contribution in [-0.2, 0) is 23.1 Å². The lowest BCUT2D eigenvalue weighted by Gasteiger charge is -2.41. The number of aromatic nitrogens is 3. The second-order valence-corrected chi connectivity index (χ2v) is 11.6. The van der Waals surface area contributed by atoms with Gasteiger partial charge in [0.1, 0.15) is 5.82 Å². The molecule has 0 radical (unpaired) electrons. The van der Waals surface area contributed by atoms with Crippen molar-refractivity contribution in [1.29, 1.82) is 0 Å². The van der Waals surface area contributed by atoms with E-state index in [9.17, 15) is 17.6 Å². The van der Waals surface area contributed by atoms with E-state index in [1.807, 2.05) is 18.0 Å². The van der Waals surface area contributed by atoms with Gasteiger partial charge in [-0.25, -0.2) is 27.8 Å². The summed E-state index contributed by atoms with van der Waals surface area (Å²) in [7, 11) is -2.08. The number of fused-ring (bicyclic) bond motifs is 1. The highest BCUT2D eigenvalue weighted by atomic mass is 32.2. The van der Waals surface area contributed by atoms with E-state index in [4.69, 9.17) is 4.74 Å². The number of methoxy groups -OCH3 is 1. The molecule has 13 heteroatoms. The molecular weight excluding hydrogens is 525 g/mol. The molecule has 1 amide bonds. The third-order valence-corrected chi connectivity index (χ3v) is 7.59. The van der Waals surface area contributed by atoms with Crippen molar-refractivity contribution >= 4 is 33.4 Å². The van der Waals surface area contributed by atoms with Gasteiger partial charge in [0.05, 0.1) is 19.1 Å². The second-order valence-electron chi connectivity index (χ2n) is 9.87. The Balaban J connectivity index is 1.21. The number of amides is 1. The average Bonchev–Trinajstić information content (AvgIpc) is 3.32. The summed E-state index contributed by atoms with van der Waals surface area (Å²) in [6.07, 6.45) is 5.89. The molecule has 1 saturated heterocycles. The zero-order valence-corrected chi connectivity index (χ0v) is 22.7. The van der Waals surface area contributed by atoms with Gasteiger partial charge >= 0.3 is 0 Å². The third-order valence-electron chi connectivity index (χ3n) is 7.01. The number of nitrogens with zero attached hydrogens (tertiary/aromatic N) is 5. The smallest absolute Gasteiger partial charge is 0.254 e. The molecule has 0 aliphatic carbocycles. The molecule has 206 valence electrons. The largest absolute Gasteiger partial charge is 0.494 e. The summed E-state index contributed by atoms with van der Waals surface area (Å²) in [6, 6.07) is 7.82. The van der Waals surface area contributed by atoms with Crippen LogP contribution in [0.2, 0.25) is 0 Å². The molecule has 4 heterocycles. The van der Waals surface area contributed by atoms with Crippen molar-refractivity contribution in [2.24, 2.45) is 0 Å². The van der Waals surface area contributed by atoms with Crippen molar-refractivity contribution < 1.29 is 22.3 Å². The van der Waals surface area contributed by atoms with E-state index in [1.165, 1.54) is 25.4 Å². The van der Waals surface area contributed by atoms with Crippen LogP contribution in [-0.4, -0.2) is 71.1 Å². The van der Waals surface area contributed by atoms with Gasteiger partial charge < -0.3 is 15.0 Å². The number of ether oxygens (including phenoxy) is 1. The lowest BCUT2D eigenvalue weighted by Crippen LogP contribution is -2.50. The monoisotopic (exact) mass is 555 g/mol. The van der Waals surface area contributed by atoms with Crippen LogP contribution in [0, 0.1) is 5.82 Å². The summed E-state index contributed by atoms with van der Waals surface area (Å²) in [5.74, 6) is 0.101. The molecule has 2 N–H and O–H groups in total. The number of likely N-dealkylation sites (tertiary alicyclic amines) is 1. The number of carbonyl (C=O) groups is 1. The van der Waals surface area contributed by atoms with Gasteiger partial charge in [0, 0.05) is 67.0 Å². The molecule has 11 nitrogen and oxygen atoms in total. The minimum absolute atomic E-state index is 0.00351. The molecule has 0 bridgehead atoms. The summed E-state index contributed by atoms with van der Waals surface area (Å²) in [5, 5.41) is 3.11. The second kappa shape index (κ2) is 10.7. The highest BCUT2D eigenvalue weighted by Gasteiger charge is 2.35. The Morgan fingerprint density at radius 2 is 2.00 bits per heavy atom. The van der Waals surface area contributed by atoms with E-state index < -0.39 is 15.8 Å². The van der Waals surface area contributed by atoms with E-state index in [0.29, 0.717) is 30.3 Å². The Morgan fingerprint density at radius 3 is 2.74 bits per heavy atom. The van der Waals surface area contributed by atoms with E-state index >= 15 is 0 Å². The average molecular weight is 556 g/mol. The van der Waals surface area contributed by atoms with Gasteiger partial charge in [-0.2, -0.15) is 0 Å². The molecular formula is C26H30FN7O4S. The summed E-state index contributed by atoms with van der Waals surface area (Å²) in [5.41, 5.74) is 3.02. The molecule has 39 heavy (non-hydrogen) atoms. The van der Waals surface area contributed by atoms with Crippen LogP contribution in [0.15, 0.2) is 42.7 Å². The minimum Gasteiger partial charge on any atom is -0.494 e. The quantitative estimate of drug-likeness (QED) is 0.452. The number of nitrogens with one attached hydrogen (secondary N) is 2. The lowest BCUT2D eigenvalue weighted by molar-refractivity contribution is 0.0460. The van der Waals surface area contributed by atoms with Crippen molar-refractivity contribution in [3.8, 4) is 5.75 Å². The molecule has 0 unspecified atom stereocenters. The summed E-state index contributed by atoms with van der Waals surface area (Å²) >= 11 is 0. The van der Waals surface area contributed by atoms with Crippen LogP contribution in [0.4, 0.5) is 21.8 Å². The Kier molecular flexibility index (Phi) is 7.36. The maximum Gasteiger partial charge on any atom is 0.254 e. The zero-order valence-electron chi connectivity index (χ0n) is 21.9. The number of pyridine rings is 1. The highest BCUT2D eigenvalue weighted by Crippen LogP contribution is 2.31. The van der Waals surface area contributed by atoms with Crippen molar-refractivity contribution in [3.05, 3.63) is 65.4 Å². The summed E-state index contributed by atoms with van der Waals surface area (Å²) in [4.78, 5) is 30.5. The molecule has 1 fully saturated rings. The van der Waals surface area contributed by atoms with Crippen molar-refractivity contribution in [2.45, 2.75) is 44.9 Å². The molecule has 0 saturated carbocycles. The van der Waals surface area contributed by atoms with Crippen LogP contribution in [0.1, 0.15) is 41.4 Å². The number of rotatable bonds is 7. The summed E-state index contributed by atoms with van der Waals surface area (Å²) in [6.45, 7) is 4.02. The van der Waals surface area contributed by atoms with Crippen molar-refractivity contribution in [1.82, 2.24) is 24.8 Å². The van der Waals surface area contributed by atoms with Crippen molar-refractivity contribution in [2.75, 3.05) is 29.9 Å². The number of sulfonamides is 1. The Morgan fingerprint density at radius 1 is 1.18 bits per heavy atom. The Labute approximate surface area is 226 Å². The standard InChI is InChI=1S/C26H30FN7O4S/c1-16-10-20(7-9-34(16)25(35)17-6-8-28-24(11-17)32-39(3,36)37)33-14-18-13-29-26(31-22(18)15-33)30-19-4-5-21(27)23(12-19)38-2/h4-6,8,11-13,16,20H,7,9-10,14-15H2,1-3H3,(H,28,32)(H,29,30,31)/t16-,20+/m1/s1. The number of hydrogen-bond acceptors (Lipinski definition) is 9. The van der Waals surface area contributed by atoms with Gasteiger partial charge in [-0.05, 0) is 44.0 Å². The van der Waals surface area contributed by atoms with Crippen LogP contribution in [0.3, 0.4) is 0 Å². The number of carbonyl (C=O) groups excluding carboxylic acids is 1. The van der Waals surface area contributed by atoms with Crippen LogP contribution < -0.4 is 14.8 Å². The maximum atomic E-state index is 13.7. The van der Waals surface area contributed by atoms with E-state index in [2.05, 4.69) is 29.9 Å². The van der Waals surface area contributed by atoms with E-state index in [0.717, 1.165) is 36.9 Å². The molecule has 2 aliphatic heterocycles. The number of piperidine rings is 1. The molecule has 2 aliphatic rings. The van der Waals surface area contributed by atoms with Crippen molar-refractivity contribution in [3.63, 3.8) is 0 Å². The molecule has 3 aromatic rings. The fourth-order valence-electron chi connectivity index (χ4n) is 5.12.